The van der Waals surface area contributed by atoms with Crippen LogP contribution in [0.4, 0.5) is 5.69 Å². The second-order valence-corrected chi connectivity index (χ2v) is 4.87. The largest absolute Gasteiger partial charge is 0.361 e. The lowest BCUT2D eigenvalue weighted by atomic mass is 10.0. The van der Waals surface area contributed by atoms with Gasteiger partial charge < -0.3 is 10.4 Å². The van der Waals surface area contributed by atoms with Gasteiger partial charge in [-0.2, -0.15) is 0 Å². The topological polar surface area (TPSA) is 35.5 Å². The van der Waals surface area contributed by atoms with Crippen LogP contribution in [0.15, 0.2) is 54.6 Å². The lowest BCUT2D eigenvalue weighted by Gasteiger charge is -2.33. The average Bonchev–Trinajstić information content (AvgIpc) is 2.48. The standard InChI is InChI=1S/C16H18N2O/c19-16(17-15-8-2-1-3-9-15)18-11-10-13-6-4-5-7-14(13)12-18/h1-9,16-17,19H,10-12H2. The van der Waals surface area contributed by atoms with Gasteiger partial charge in [-0.25, -0.2) is 0 Å². The van der Waals surface area contributed by atoms with Gasteiger partial charge in [0, 0.05) is 18.8 Å². The van der Waals surface area contributed by atoms with E-state index in [0.29, 0.717) is 0 Å². The number of nitrogens with zero attached hydrogens (tertiary/aromatic N) is 1. The maximum absolute atomic E-state index is 10.3. The summed E-state index contributed by atoms with van der Waals surface area (Å²) < 4.78 is 0. The highest BCUT2D eigenvalue weighted by atomic mass is 16.3. The molecular weight excluding hydrogens is 236 g/mol. The number of fused-ring (bicyclic) bond motifs is 1. The average molecular weight is 254 g/mol. The highest BCUT2D eigenvalue weighted by molar-refractivity contribution is 5.42. The predicted molar refractivity (Wildman–Crippen MR) is 76.6 cm³/mol. The molecule has 19 heavy (non-hydrogen) atoms. The van der Waals surface area contributed by atoms with Crippen LogP contribution in [-0.2, 0) is 13.0 Å². The zero-order valence-electron chi connectivity index (χ0n) is 10.8. The van der Waals surface area contributed by atoms with Crippen molar-refractivity contribution in [3.8, 4) is 0 Å². The molecule has 1 aliphatic heterocycles. The third-order valence-corrected chi connectivity index (χ3v) is 3.58. The van der Waals surface area contributed by atoms with Gasteiger partial charge >= 0.3 is 0 Å². The minimum atomic E-state index is -0.643. The molecule has 2 N–H and O–H groups in total. The number of anilines is 1. The Morgan fingerprint density at radius 1 is 0.947 bits per heavy atom. The van der Waals surface area contributed by atoms with Crippen molar-refractivity contribution in [2.24, 2.45) is 0 Å². The normalized spacial score (nSPS) is 16.7. The summed E-state index contributed by atoms with van der Waals surface area (Å²) >= 11 is 0. The summed E-state index contributed by atoms with van der Waals surface area (Å²) in [6, 6.07) is 18.2. The third-order valence-electron chi connectivity index (χ3n) is 3.58. The number of benzene rings is 2. The van der Waals surface area contributed by atoms with Crippen molar-refractivity contribution in [1.29, 1.82) is 0 Å². The van der Waals surface area contributed by atoms with E-state index in [4.69, 9.17) is 0 Å². The number of rotatable bonds is 3. The van der Waals surface area contributed by atoms with Gasteiger partial charge in [-0.15, -0.1) is 0 Å². The highest BCUT2D eigenvalue weighted by Crippen LogP contribution is 2.20. The molecule has 3 nitrogen and oxygen atoms in total. The maximum Gasteiger partial charge on any atom is 0.184 e. The first-order valence-corrected chi connectivity index (χ1v) is 6.63. The summed E-state index contributed by atoms with van der Waals surface area (Å²) in [6.45, 7) is 1.66. The van der Waals surface area contributed by atoms with E-state index in [1.54, 1.807) is 0 Å². The van der Waals surface area contributed by atoms with Crippen LogP contribution in [0.5, 0.6) is 0 Å². The van der Waals surface area contributed by atoms with Gasteiger partial charge in [0.25, 0.3) is 0 Å². The smallest absolute Gasteiger partial charge is 0.184 e. The number of aliphatic hydroxyl groups excluding tert-OH is 1. The van der Waals surface area contributed by atoms with Crippen LogP contribution in [0.2, 0.25) is 0 Å². The molecule has 0 fully saturated rings. The van der Waals surface area contributed by atoms with Crippen LogP contribution in [0, 0.1) is 0 Å². The molecule has 0 saturated heterocycles. The fourth-order valence-electron chi connectivity index (χ4n) is 2.50. The SMILES string of the molecule is OC(Nc1ccccc1)N1CCc2ccccc2C1. The van der Waals surface area contributed by atoms with E-state index in [-0.39, 0.29) is 0 Å². The van der Waals surface area contributed by atoms with Gasteiger partial charge in [0.1, 0.15) is 0 Å². The molecule has 2 aromatic rings. The molecule has 0 bridgehead atoms. The van der Waals surface area contributed by atoms with Gasteiger partial charge in [-0.1, -0.05) is 42.5 Å². The zero-order chi connectivity index (χ0) is 13.1. The van der Waals surface area contributed by atoms with Crippen molar-refractivity contribution in [2.45, 2.75) is 19.3 Å². The first-order valence-electron chi connectivity index (χ1n) is 6.63. The van der Waals surface area contributed by atoms with Crippen molar-refractivity contribution in [3.05, 3.63) is 65.7 Å². The molecule has 0 aliphatic carbocycles. The number of para-hydroxylation sites is 1. The maximum atomic E-state index is 10.3. The molecule has 0 saturated carbocycles. The summed E-state index contributed by atoms with van der Waals surface area (Å²) in [4.78, 5) is 2.05. The fraction of sp³-hybridized carbons (Fsp3) is 0.250. The van der Waals surface area contributed by atoms with E-state index >= 15 is 0 Å². The van der Waals surface area contributed by atoms with Crippen LogP contribution in [0.1, 0.15) is 11.1 Å². The highest BCUT2D eigenvalue weighted by Gasteiger charge is 2.21. The van der Waals surface area contributed by atoms with Gasteiger partial charge in [0.05, 0.1) is 0 Å². The Kier molecular flexibility index (Phi) is 3.49. The van der Waals surface area contributed by atoms with Crippen LogP contribution < -0.4 is 5.32 Å². The Hall–Kier alpha value is -1.84. The predicted octanol–water partition coefficient (Wildman–Crippen LogP) is 2.43. The lowest BCUT2D eigenvalue weighted by molar-refractivity contribution is 0.0164. The summed E-state index contributed by atoms with van der Waals surface area (Å²) in [6.07, 6.45) is 0.347. The Balaban J connectivity index is 1.68. The first kappa shape index (κ1) is 12.2. The fourth-order valence-corrected chi connectivity index (χ4v) is 2.50. The summed E-state index contributed by atoms with van der Waals surface area (Å²) in [5.41, 5.74) is 3.64. The minimum absolute atomic E-state index is 0.643. The molecule has 1 heterocycles. The van der Waals surface area contributed by atoms with Crippen LogP contribution in [0.3, 0.4) is 0 Å². The number of hydrogen-bond acceptors (Lipinski definition) is 3. The van der Waals surface area contributed by atoms with E-state index < -0.39 is 6.35 Å². The molecule has 0 aromatic heterocycles. The van der Waals surface area contributed by atoms with Crippen LogP contribution in [-0.4, -0.2) is 22.9 Å². The van der Waals surface area contributed by atoms with Gasteiger partial charge in [0.15, 0.2) is 6.35 Å². The van der Waals surface area contributed by atoms with Crippen LogP contribution >= 0.6 is 0 Å². The number of hydrogen-bond donors (Lipinski definition) is 2. The van der Waals surface area contributed by atoms with E-state index in [1.165, 1.54) is 11.1 Å². The molecule has 1 atom stereocenters. The molecule has 3 rings (SSSR count). The summed E-state index contributed by atoms with van der Waals surface area (Å²) in [7, 11) is 0. The summed E-state index contributed by atoms with van der Waals surface area (Å²) in [5.74, 6) is 0. The van der Waals surface area contributed by atoms with Crippen molar-refractivity contribution in [1.82, 2.24) is 4.90 Å². The minimum Gasteiger partial charge on any atom is -0.361 e. The monoisotopic (exact) mass is 254 g/mol. The van der Waals surface area contributed by atoms with E-state index in [9.17, 15) is 5.11 Å². The van der Waals surface area contributed by atoms with E-state index in [1.807, 2.05) is 30.3 Å². The molecule has 98 valence electrons. The summed E-state index contributed by atoms with van der Waals surface area (Å²) in [5, 5.41) is 13.4. The molecular formula is C16H18N2O. The van der Waals surface area contributed by atoms with E-state index in [0.717, 1.165) is 25.2 Å². The van der Waals surface area contributed by atoms with E-state index in [2.05, 4.69) is 34.5 Å². The molecule has 1 unspecified atom stereocenters. The van der Waals surface area contributed by atoms with Gasteiger partial charge in [0.2, 0.25) is 0 Å². The molecule has 2 aromatic carbocycles. The Bertz CT molecular complexity index is 541. The van der Waals surface area contributed by atoms with Crippen molar-refractivity contribution >= 4 is 5.69 Å². The van der Waals surface area contributed by atoms with Crippen molar-refractivity contribution < 1.29 is 5.11 Å². The lowest BCUT2D eigenvalue weighted by Crippen LogP contribution is -2.43. The first-order chi connectivity index (χ1) is 9.33. The third kappa shape index (κ3) is 2.78. The second-order valence-electron chi connectivity index (χ2n) is 4.87. The van der Waals surface area contributed by atoms with Gasteiger partial charge in [-0.05, 0) is 29.7 Å². The Morgan fingerprint density at radius 2 is 1.63 bits per heavy atom. The number of nitrogens with one attached hydrogen (secondary N) is 1. The van der Waals surface area contributed by atoms with Crippen LogP contribution in [0.25, 0.3) is 0 Å². The quantitative estimate of drug-likeness (QED) is 0.826. The molecule has 0 spiro atoms. The van der Waals surface area contributed by atoms with Crippen molar-refractivity contribution in [2.75, 3.05) is 11.9 Å². The molecule has 1 aliphatic rings. The van der Waals surface area contributed by atoms with Gasteiger partial charge in [-0.3, -0.25) is 4.90 Å². The molecule has 3 heteroatoms. The zero-order valence-corrected chi connectivity index (χ0v) is 10.8. The molecule has 0 amide bonds. The van der Waals surface area contributed by atoms with Crippen molar-refractivity contribution in [3.63, 3.8) is 0 Å². The second kappa shape index (κ2) is 5.43. The number of aliphatic hydroxyl groups is 1. The Labute approximate surface area is 113 Å². The Morgan fingerprint density at radius 3 is 2.42 bits per heavy atom. The molecule has 0 radical (unpaired) electrons.